The Kier molecular flexibility index (Phi) is 8.91. The Morgan fingerprint density at radius 2 is 0.700 bits per heavy atom. The third kappa shape index (κ3) is 5.90. The van der Waals surface area contributed by atoms with Crippen LogP contribution in [0.15, 0.2) is 224 Å². The molecule has 0 N–H and O–H groups in total. The molecule has 0 heterocycles. The van der Waals surface area contributed by atoms with E-state index in [-0.39, 0.29) is 10.8 Å². The summed E-state index contributed by atoms with van der Waals surface area (Å²) in [4.78, 5) is 0. The van der Waals surface area contributed by atoms with Crippen LogP contribution in [0.5, 0.6) is 0 Å². The Hall–Kier alpha value is -8.06. The average molecular weight is 893 g/mol. The fourth-order valence-electron chi connectivity index (χ4n) is 13.3. The summed E-state index contributed by atoms with van der Waals surface area (Å²) in [5.74, 6) is 0.380. The van der Waals surface area contributed by atoms with Gasteiger partial charge in [0.15, 0.2) is 0 Å². The zero-order chi connectivity index (χ0) is 46.9. The van der Waals surface area contributed by atoms with Crippen molar-refractivity contribution in [1.82, 2.24) is 0 Å². The van der Waals surface area contributed by atoms with Crippen molar-refractivity contribution < 1.29 is 0 Å². The molecule has 11 aromatic carbocycles. The molecule has 332 valence electrons. The van der Waals surface area contributed by atoms with Crippen molar-refractivity contribution in [3.63, 3.8) is 0 Å². The van der Waals surface area contributed by atoms with E-state index in [4.69, 9.17) is 0 Å². The Morgan fingerprint density at radius 3 is 1.23 bits per heavy atom. The van der Waals surface area contributed by atoms with E-state index in [1.54, 1.807) is 0 Å². The Balaban J connectivity index is 0.823. The van der Waals surface area contributed by atoms with Gasteiger partial charge in [-0.05, 0) is 168 Å². The molecule has 1 unspecified atom stereocenters. The molecule has 0 spiro atoms. The van der Waals surface area contributed by atoms with Crippen LogP contribution in [0.25, 0.3) is 110 Å². The van der Waals surface area contributed by atoms with E-state index in [0.717, 1.165) is 6.42 Å². The van der Waals surface area contributed by atoms with Crippen LogP contribution in [0, 0.1) is 5.92 Å². The van der Waals surface area contributed by atoms with Crippen LogP contribution in [-0.4, -0.2) is 0 Å². The smallest absolute Gasteiger partial charge is 0.0159 e. The molecular weight excluding hydrogens is 841 g/mol. The largest absolute Gasteiger partial charge is 0.0622 e. The quantitative estimate of drug-likeness (QED) is 0.151. The van der Waals surface area contributed by atoms with E-state index in [1.807, 2.05) is 0 Å². The maximum absolute atomic E-state index is 2.53. The second kappa shape index (κ2) is 15.2. The van der Waals surface area contributed by atoms with E-state index < -0.39 is 0 Å². The summed E-state index contributed by atoms with van der Waals surface area (Å²) < 4.78 is 0. The standard InChI is InChI=1S/C70H52/c1-69(2)61-29-17-16-20-49(61)50-38-35-47(41-63(50)69)67-59-27-14-10-23-55(59)66(56-24-11-15-28-60(56)67)45-32-30-43(31-33-45)46-34-37-51-52-39-36-48(42-64(52)70(3,4)62(51)40-46)68-57-25-12-8-21-53(57)65(44-18-6-5-7-19-44)54-22-9-13-26-58(54)68/h5-39,41-42,62H,40H2,1-4H3. The maximum atomic E-state index is 2.53. The first-order valence-electron chi connectivity index (χ1n) is 25.1. The summed E-state index contributed by atoms with van der Waals surface area (Å²) in [6, 6.07) is 80.0. The zero-order valence-corrected chi connectivity index (χ0v) is 40.1. The summed E-state index contributed by atoms with van der Waals surface area (Å²) in [7, 11) is 0. The van der Waals surface area contributed by atoms with Crippen molar-refractivity contribution in [3.05, 3.63) is 252 Å². The minimum atomic E-state index is -0.0661. The lowest BCUT2D eigenvalue weighted by Crippen LogP contribution is -2.25. The van der Waals surface area contributed by atoms with Crippen molar-refractivity contribution in [2.45, 2.75) is 44.9 Å². The molecule has 0 radical (unpaired) electrons. The second-order valence-electron chi connectivity index (χ2n) is 21.1. The fraction of sp³-hybridized carbons (Fsp3) is 0.114. The van der Waals surface area contributed by atoms with Gasteiger partial charge >= 0.3 is 0 Å². The highest BCUT2D eigenvalue weighted by molar-refractivity contribution is 6.23. The van der Waals surface area contributed by atoms with Gasteiger partial charge in [-0.25, -0.2) is 0 Å². The second-order valence-corrected chi connectivity index (χ2v) is 21.1. The van der Waals surface area contributed by atoms with Gasteiger partial charge in [0.2, 0.25) is 0 Å². The molecule has 0 aliphatic heterocycles. The molecule has 11 aromatic rings. The molecule has 70 heavy (non-hydrogen) atoms. The lowest BCUT2D eigenvalue weighted by Gasteiger charge is -2.32. The molecule has 0 saturated carbocycles. The van der Waals surface area contributed by atoms with Crippen LogP contribution < -0.4 is 0 Å². The summed E-state index contributed by atoms with van der Waals surface area (Å²) in [5.41, 5.74) is 22.7. The molecule has 3 aliphatic carbocycles. The number of fused-ring (bicyclic) bond motifs is 10. The summed E-state index contributed by atoms with van der Waals surface area (Å²) in [5, 5.41) is 10.3. The molecule has 3 aliphatic rings. The van der Waals surface area contributed by atoms with Gasteiger partial charge in [0, 0.05) is 5.41 Å². The zero-order valence-electron chi connectivity index (χ0n) is 40.1. The van der Waals surface area contributed by atoms with Crippen molar-refractivity contribution in [1.29, 1.82) is 0 Å². The van der Waals surface area contributed by atoms with E-state index in [9.17, 15) is 0 Å². The number of benzene rings is 11. The van der Waals surface area contributed by atoms with Crippen LogP contribution in [0.3, 0.4) is 0 Å². The molecule has 0 aromatic heterocycles. The molecule has 0 bridgehead atoms. The Morgan fingerprint density at radius 1 is 0.314 bits per heavy atom. The van der Waals surface area contributed by atoms with Crippen molar-refractivity contribution in [2.24, 2.45) is 5.92 Å². The molecular formula is C70H52. The molecule has 0 saturated heterocycles. The van der Waals surface area contributed by atoms with Gasteiger partial charge in [0.1, 0.15) is 0 Å². The van der Waals surface area contributed by atoms with Gasteiger partial charge in [0.05, 0.1) is 0 Å². The average Bonchev–Trinajstić information content (AvgIpc) is 3.77. The van der Waals surface area contributed by atoms with Crippen LogP contribution in [-0.2, 0) is 10.8 Å². The van der Waals surface area contributed by atoms with E-state index in [1.165, 1.54) is 138 Å². The third-order valence-electron chi connectivity index (χ3n) is 16.8. The van der Waals surface area contributed by atoms with Gasteiger partial charge in [0.25, 0.3) is 0 Å². The van der Waals surface area contributed by atoms with Gasteiger partial charge in [-0.3, -0.25) is 0 Å². The van der Waals surface area contributed by atoms with Crippen LogP contribution in [0.2, 0.25) is 0 Å². The molecule has 14 rings (SSSR count). The van der Waals surface area contributed by atoms with E-state index in [2.05, 4.69) is 252 Å². The summed E-state index contributed by atoms with van der Waals surface area (Å²) in [6.45, 7) is 9.71. The van der Waals surface area contributed by atoms with E-state index in [0.29, 0.717) is 5.92 Å². The lowest BCUT2D eigenvalue weighted by atomic mass is 9.72. The molecule has 1 atom stereocenters. The van der Waals surface area contributed by atoms with Crippen molar-refractivity contribution in [3.8, 4) is 55.6 Å². The van der Waals surface area contributed by atoms with Crippen LogP contribution in [0.1, 0.15) is 61.9 Å². The number of rotatable bonds is 5. The van der Waals surface area contributed by atoms with Crippen LogP contribution in [0.4, 0.5) is 0 Å². The third-order valence-corrected chi connectivity index (χ3v) is 16.8. The number of hydrogen-bond donors (Lipinski definition) is 0. The first-order valence-corrected chi connectivity index (χ1v) is 25.1. The van der Waals surface area contributed by atoms with E-state index >= 15 is 0 Å². The topological polar surface area (TPSA) is 0 Å². The molecule has 0 nitrogen and oxygen atoms in total. The summed E-state index contributed by atoms with van der Waals surface area (Å²) >= 11 is 0. The first kappa shape index (κ1) is 41.0. The Labute approximate surface area is 410 Å². The predicted octanol–water partition coefficient (Wildman–Crippen LogP) is 19.1. The fourth-order valence-corrected chi connectivity index (χ4v) is 13.3. The minimum Gasteiger partial charge on any atom is -0.0622 e. The molecule has 0 fully saturated rings. The number of allylic oxidation sites excluding steroid dienone is 4. The number of hydrogen-bond acceptors (Lipinski definition) is 0. The molecule has 0 heteroatoms. The van der Waals surface area contributed by atoms with Gasteiger partial charge in [-0.15, -0.1) is 0 Å². The van der Waals surface area contributed by atoms with Gasteiger partial charge in [-0.2, -0.15) is 0 Å². The summed E-state index contributed by atoms with van der Waals surface area (Å²) in [6.07, 6.45) is 5.84. The van der Waals surface area contributed by atoms with Crippen molar-refractivity contribution >= 4 is 54.2 Å². The highest BCUT2D eigenvalue weighted by Crippen LogP contribution is 2.57. The van der Waals surface area contributed by atoms with Crippen molar-refractivity contribution in [2.75, 3.05) is 0 Å². The lowest BCUT2D eigenvalue weighted by molar-refractivity contribution is 0.418. The first-order chi connectivity index (χ1) is 34.3. The van der Waals surface area contributed by atoms with Crippen LogP contribution >= 0.6 is 0 Å². The van der Waals surface area contributed by atoms with Gasteiger partial charge in [-0.1, -0.05) is 240 Å². The normalized spacial score (nSPS) is 16.2. The molecule has 0 amide bonds. The minimum absolute atomic E-state index is 0.0512. The Bertz CT molecular complexity index is 3950. The highest BCUT2D eigenvalue weighted by atomic mass is 14.5. The monoisotopic (exact) mass is 892 g/mol. The SMILES string of the molecule is CC1(C)c2ccccc2-c2ccc(-c3c4ccccc4c(-c4ccc(C5=CC=C6c7ccc(-c8c9ccccc9c(-c9ccccc9)c9ccccc89)cc7C(C)(C)C6C5)cc4)c4ccccc34)cc21. The van der Waals surface area contributed by atoms with Gasteiger partial charge < -0.3 is 0 Å². The predicted molar refractivity (Wildman–Crippen MR) is 299 cm³/mol. The highest BCUT2D eigenvalue weighted by Gasteiger charge is 2.44. The maximum Gasteiger partial charge on any atom is 0.0159 e.